The van der Waals surface area contributed by atoms with Crippen molar-refractivity contribution in [2.45, 2.75) is 51.1 Å². The Morgan fingerprint density at radius 2 is 1.96 bits per heavy atom. The number of aliphatic imine (C=N–C) groups is 1. The molecule has 2 rings (SSSR count). The zero-order valence-electron chi connectivity index (χ0n) is 14.8. The number of hydrogen-bond acceptors (Lipinski definition) is 4. The minimum Gasteiger partial charge on any atom is -0.357 e. The van der Waals surface area contributed by atoms with Crippen molar-refractivity contribution in [3.63, 3.8) is 0 Å². The largest absolute Gasteiger partial charge is 0.357 e. The van der Waals surface area contributed by atoms with Crippen LogP contribution in [-0.2, 0) is 10.0 Å². The Bertz CT molecular complexity index is 494. The number of nitrogens with one attached hydrogen (secondary N) is 3. The maximum atomic E-state index is 11.0. The quantitative estimate of drug-likeness (QED) is 0.220. The van der Waals surface area contributed by atoms with Gasteiger partial charge in [0.15, 0.2) is 5.96 Å². The second kappa shape index (κ2) is 10.8. The lowest BCUT2D eigenvalue weighted by molar-refractivity contribution is 0.242. The van der Waals surface area contributed by atoms with Gasteiger partial charge in [-0.05, 0) is 26.2 Å². The van der Waals surface area contributed by atoms with Crippen molar-refractivity contribution < 1.29 is 8.42 Å². The second-order valence-corrected chi connectivity index (χ2v) is 8.32. The molecular weight excluding hydrogens is 441 g/mol. The molecule has 1 aliphatic heterocycles. The first kappa shape index (κ1) is 21.9. The molecule has 1 aliphatic carbocycles. The van der Waals surface area contributed by atoms with E-state index in [4.69, 9.17) is 0 Å². The van der Waals surface area contributed by atoms with Crippen molar-refractivity contribution in [1.29, 1.82) is 0 Å². The van der Waals surface area contributed by atoms with Gasteiger partial charge in [-0.2, -0.15) is 0 Å². The highest BCUT2D eigenvalue weighted by atomic mass is 127. The smallest absolute Gasteiger partial charge is 0.208 e. The molecule has 2 fully saturated rings. The molecular formula is C15H32IN5O2S. The van der Waals surface area contributed by atoms with Crippen LogP contribution >= 0.6 is 24.0 Å². The highest BCUT2D eigenvalue weighted by Gasteiger charge is 2.30. The molecule has 1 atom stereocenters. The zero-order valence-corrected chi connectivity index (χ0v) is 17.9. The van der Waals surface area contributed by atoms with Crippen molar-refractivity contribution in [2.75, 3.05) is 39.0 Å². The Labute approximate surface area is 163 Å². The normalized spacial score (nSPS) is 23.2. The summed E-state index contributed by atoms with van der Waals surface area (Å²) in [6.07, 6.45) is 7.74. The van der Waals surface area contributed by atoms with Crippen LogP contribution in [-0.4, -0.2) is 70.3 Å². The van der Waals surface area contributed by atoms with Gasteiger partial charge in [-0.3, -0.25) is 9.89 Å². The number of guanidine groups is 1. The first-order chi connectivity index (χ1) is 11.0. The van der Waals surface area contributed by atoms with E-state index >= 15 is 0 Å². The van der Waals surface area contributed by atoms with Crippen molar-refractivity contribution in [3.05, 3.63) is 0 Å². The molecule has 0 spiro atoms. The number of likely N-dealkylation sites (tertiary alicyclic amines) is 1. The number of rotatable bonds is 7. The van der Waals surface area contributed by atoms with Crippen molar-refractivity contribution in [2.24, 2.45) is 4.99 Å². The third-order valence-corrected chi connectivity index (χ3v) is 5.22. The topological polar surface area (TPSA) is 85.8 Å². The molecule has 1 saturated heterocycles. The summed E-state index contributed by atoms with van der Waals surface area (Å²) >= 11 is 0. The molecule has 2 aliphatic rings. The van der Waals surface area contributed by atoms with Crippen LogP contribution in [0.2, 0.25) is 0 Å². The van der Waals surface area contributed by atoms with Crippen LogP contribution in [0.5, 0.6) is 0 Å². The zero-order chi connectivity index (χ0) is 16.7. The Morgan fingerprint density at radius 1 is 1.25 bits per heavy atom. The summed E-state index contributed by atoms with van der Waals surface area (Å²) in [7, 11) is -3.14. The first-order valence-corrected chi connectivity index (χ1v) is 10.6. The van der Waals surface area contributed by atoms with Gasteiger partial charge in [0.05, 0.1) is 12.8 Å². The van der Waals surface area contributed by atoms with E-state index in [0.717, 1.165) is 44.3 Å². The van der Waals surface area contributed by atoms with Crippen molar-refractivity contribution in [3.8, 4) is 0 Å². The Balaban J connectivity index is 0.00000288. The molecule has 24 heavy (non-hydrogen) atoms. The highest BCUT2D eigenvalue weighted by molar-refractivity contribution is 14.0. The lowest BCUT2D eigenvalue weighted by Gasteiger charge is -2.24. The summed E-state index contributed by atoms with van der Waals surface area (Å²) in [4.78, 5) is 7.06. The fourth-order valence-electron chi connectivity index (χ4n) is 3.42. The maximum absolute atomic E-state index is 11.0. The highest BCUT2D eigenvalue weighted by Crippen LogP contribution is 2.26. The lowest BCUT2D eigenvalue weighted by Crippen LogP contribution is -2.45. The molecule has 9 heteroatoms. The van der Waals surface area contributed by atoms with Crippen molar-refractivity contribution >= 4 is 40.0 Å². The third kappa shape index (κ3) is 7.83. The van der Waals surface area contributed by atoms with E-state index in [2.05, 4.69) is 25.2 Å². The second-order valence-electron chi connectivity index (χ2n) is 6.49. The van der Waals surface area contributed by atoms with Gasteiger partial charge in [0.2, 0.25) is 10.0 Å². The maximum Gasteiger partial charge on any atom is 0.208 e. The van der Waals surface area contributed by atoms with Gasteiger partial charge in [-0.1, -0.05) is 12.8 Å². The van der Waals surface area contributed by atoms with Gasteiger partial charge in [0, 0.05) is 38.3 Å². The Kier molecular flexibility index (Phi) is 9.83. The van der Waals surface area contributed by atoms with Gasteiger partial charge in [-0.25, -0.2) is 13.1 Å². The number of hydrogen-bond donors (Lipinski definition) is 3. The minimum absolute atomic E-state index is 0. The van der Waals surface area contributed by atoms with Gasteiger partial charge in [-0.15, -0.1) is 24.0 Å². The van der Waals surface area contributed by atoms with E-state index in [0.29, 0.717) is 19.1 Å². The van der Waals surface area contributed by atoms with E-state index in [1.807, 2.05) is 6.92 Å². The predicted molar refractivity (Wildman–Crippen MR) is 110 cm³/mol. The molecule has 0 aromatic carbocycles. The summed E-state index contributed by atoms with van der Waals surface area (Å²) in [6.45, 7) is 5.83. The molecule has 7 nitrogen and oxygen atoms in total. The van der Waals surface area contributed by atoms with Crippen LogP contribution in [0.3, 0.4) is 0 Å². The molecule has 1 saturated carbocycles. The summed E-state index contributed by atoms with van der Waals surface area (Å²) in [5.74, 6) is 0.779. The number of halogens is 1. The first-order valence-electron chi connectivity index (χ1n) is 8.71. The molecule has 0 aromatic rings. The Morgan fingerprint density at radius 3 is 2.58 bits per heavy atom. The Hall–Kier alpha value is -0.130. The molecule has 1 heterocycles. The molecule has 0 radical (unpaired) electrons. The van der Waals surface area contributed by atoms with Crippen LogP contribution in [0.25, 0.3) is 0 Å². The van der Waals surface area contributed by atoms with Gasteiger partial charge >= 0.3 is 0 Å². The summed E-state index contributed by atoms with van der Waals surface area (Å²) in [5.41, 5.74) is 0. The summed E-state index contributed by atoms with van der Waals surface area (Å²) in [5, 5.41) is 6.72. The number of sulfonamides is 1. The van der Waals surface area contributed by atoms with E-state index < -0.39 is 10.0 Å². The van der Waals surface area contributed by atoms with Crippen molar-refractivity contribution in [1.82, 2.24) is 20.3 Å². The minimum atomic E-state index is -3.14. The van der Waals surface area contributed by atoms with Gasteiger partial charge in [0.25, 0.3) is 0 Å². The number of nitrogens with zero attached hydrogens (tertiary/aromatic N) is 2. The monoisotopic (exact) mass is 473 g/mol. The summed E-state index contributed by atoms with van der Waals surface area (Å²) < 4.78 is 24.6. The fourth-order valence-corrected chi connectivity index (χ4v) is 3.88. The molecule has 0 aromatic heterocycles. The SMILES string of the molecule is CCNC(=NCCNS(C)(=O)=O)NC1CCN(C2CCCC2)C1.I. The average molecular weight is 473 g/mol. The van der Waals surface area contributed by atoms with E-state index in [-0.39, 0.29) is 24.0 Å². The average Bonchev–Trinajstić information content (AvgIpc) is 3.13. The summed E-state index contributed by atoms with van der Waals surface area (Å²) in [6, 6.07) is 1.21. The van der Waals surface area contributed by atoms with Crippen LogP contribution in [0.4, 0.5) is 0 Å². The van der Waals surface area contributed by atoms with Gasteiger partial charge < -0.3 is 10.6 Å². The van der Waals surface area contributed by atoms with Gasteiger partial charge in [0.1, 0.15) is 0 Å². The molecule has 3 N–H and O–H groups in total. The fraction of sp³-hybridized carbons (Fsp3) is 0.933. The molecule has 0 bridgehead atoms. The predicted octanol–water partition coefficient (Wildman–Crippen LogP) is 0.726. The van der Waals surface area contributed by atoms with E-state index in [9.17, 15) is 8.42 Å². The van der Waals surface area contributed by atoms with Crippen LogP contribution in [0.1, 0.15) is 39.0 Å². The molecule has 0 amide bonds. The standard InChI is InChI=1S/C15H31N5O2S.HI/c1-3-16-15(17-9-10-18-23(2,21)22)19-13-8-11-20(12-13)14-6-4-5-7-14;/h13-14,18H,3-12H2,1-2H3,(H2,16,17,19);1H. The molecule has 142 valence electrons. The van der Waals surface area contributed by atoms with Crippen LogP contribution in [0, 0.1) is 0 Å². The lowest BCUT2D eigenvalue weighted by atomic mass is 10.2. The van der Waals surface area contributed by atoms with Crippen LogP contribution in [0.15, 0.2) is 4.99 Å². The van der Waals surface area contributed by atoms with E-state index in [1.165, 1.54) is 25.7 Å². The molecule has 1 unspecified atom stereocenters. The van der Waals surface area contributed by atoms with Crippen LogP contribution < -0.4 is 15.4 Å². The van der Waals surface area contributed by atoms with E-state index in [1.54, 1.807) is 0 Å². The third-order valence-electron chi connectivity index (χ3n) is 4.49.